The zero-order valence-electron chi connectivity index (χ0n) is 14.3. The molecule has 122 valence electrons. The maximum Gasteiger partial charge on any atom is 0.0859 e. The summed E-state index contributed by atoms with van der Waals surface area (Å²) in [5.74, 6) is 1.09. The minimum atomic E-state index is 0.387. The van der Waals surface area contributed by atoms with Crippen LogP contribution in [0.5, 0.6) is 0 Å². The van der Waals surface area contributed by atoms with Crippen molar-refractivity contribution in [3.8, 4) is 0 Å². The third-order valence-electron chi connectivity index (χ3n) is 4.90. The highest BCUT2D eigenvalue weighted by Crippen LogP contribution is 2.31. The SMILES string of the molecule is CC1CCCC=C1C(CC(=NCN)C1C=CC=CC1)N(C)C. The molecule has 2 aliphatic rings. The minimum Gasteiger partial charge on any atom is -0.312 e. The Balaban J connectivity index is 2.17. The van der Waals surface area contributed by atoms with Crippen molar-refractivity contribution in [1.29, 1.82) is 0 Å². The number of aliphatic imine (C=N–C) groups is 1. The van der Waals surface area contributed by atoms with Gasteiger partial charge < -0.3 is 10.6 Å². The predicted octanol–water partition coefficient (Wildman–Crippen LogP) is 3.54. The number of likely N-dealkylation sites (N-methyl/N-ethyl adjacent to an activating group) is 1. The Bertz CT molecular complexity index is 471. The summed E-state index contributed by atoms with van der Waals surface area (Å²) >= 11 is 0. The highest BCUT2D eigenvalue weighted by molar-refractivity contribution is 5.89. The van der Waals surface area contributed by atoms with Gasteiger partial charge in [0.05, 0.1) is 6.67 Å². The summed E-state index contributed by atoms with van der Waals surface area (Å²) in [4.78, 5) is 6.99. The fraction of sp³-hybridized carbons (Fsp3) is 0.632. The summed E-state index contributed by atoms with van der Waals surface area (Å²) in [6, 6.07) is 0.444. The standard InChI is InChI=1S/C19H31N3/c1-15-9-7-8-12-17(15)19(22(2)3)13-18(21-14-20)16-10-5-4-6-11-16/h4-6,10,12,15-16,19H,7-9,11,13-14,20H2,1-3H3. The van der Waals surface area contributed by atoms with E-state index >= 15 is 0 Å². The third-order valence-corrected chi connectivity index (χ3v) is 4.90. The zero-order valence-corrected chi connectivity index (χ0v) is 14.3. The smallest absolute Gasteiger partial charge is 0.0859 e. The molecule has 0 bridgehead atoms. The van der Waals surface area contributed by atoms with Gasteiger partial charge in [0.1, 0.15) is 0 Å². The van der Waals surface area contributed by atoms with Crippen LogP contribution in [-0.4, -0.2) is 37.4 Å². The van der Waals surface area contributed by atoms with Gasteiger partial charge in [-0.2, -0.15) is 0 Å². The molecule has 22 heavy (non-hydrogen) atoms. The molecule has 0 aromatic rings. The number of allylic oxidation sites excluding steroid dienone is 5. The lowest BCUT2D eigenvalue weighted by atomic mass is 9.81. The van der Waals surface area contributed by atoms with E-state index in [4.69, 9.17) is 5.73 Å². The highest BCUT2D eigenvalue weighted by atomic mass is 15.1. The molecule has 0 radical (unpaired) electrons. The first-order valence-electron chi connectivity index (χ1n) is 8.56. The van der Waals surface area contributed by atoms with E-state index in [0.29, 0.717) is 24.5 Å². The van der Waals surface area contributed by atoms with Gasteiger partial charge in [0.15, 0.2) is 0 Å². The summed E-state index contributed by atoms with van der Waals surface area (Å²) in [6.07, 6.45) is 17.1. The quantitative estimate of drug-likeness (QED) is 0.602. The Hall–Kier alpha value is -1.19. The molecule has 3 heteroatoms. The molecule has 0 fully saturated rings. The Kier molecular flexibility index (Phi) is 6.59. The van der Waals surface area contributed by atoms with Gasteiger partial charge in [-0.05, 0) is 45.7 Å². The predicted molar refractivity (Wildman–Crippen MR) is 96.1 cm³/mol. The van der Waals surface area contributed by atoms with Gasteiger partial charge in [0.2, 0.25) is 0 Å². The number of hydrogen-bond donors (Lipinski definition) is 1. The largest absolute Gasteiger partial charge is 0.312 e. The van der Waals surface area contributed by atoms with Crippen LogP contribution in [0.15, 0.2) is 40.9 Å². The molecule has 0 heterocycles. The molecule has 2 N–H and O–H groups in total. The second-order valence-electron chi connectivity index (χ2n) is 6.71. The molecule has 2 aliphatic carbocycles. The highest BCUT2D eigenvalue weighted by Gasteiger charge is 2.26. The molecule has 0 saturated heterocycles. The number of hydrogen-bond acceptors (Lipinski definition) is 3. The van der Waals surface area contributed by atoms with Crippen molar-refractivity contribution >= 4 is 5.71 Å². The van der Waals surface area contributed by atoms with E-state index in [1.54, 1.807) is 5.57 Å². The Morgan fingerprint density at radius 2 is 2.23 bits per heavy atom. The number of nitrogens with two attached hydrogens (primary N) is 1. The van der Waals surface area contributed by atoms with E-state index < -0.39 is 0 Å². The number of rotatable bonds is 6. The topological polar surface area (TPSA) is 41.6 Å². The maximum absolute atomic E-state index is 5.74. The molecule has 0 aliphatic heterocycles. The van der Waals surface area contributed by atoms with Crippen molar-refractivity contribution in [2.24, 2.45) is 22.6 Å². The van der Waals surface area contributed by atoms with E-state index in [1.165, 1.54) is 25.0 Å². The molecule has 3 atom stereocenters. The first-order chi connectivity index (χ1) is 10.6. The van der Waals surface area contributed by atoms with E-state index in [1.807, 2.05) is 0 Å². The van der Waals surface area contributed by atoms with Gasteiger partial charge in [0.25, 0.3) is 0 Å². The lowest BCUT2D eigenvalue weighted by Crippen LogP contribution is -2.36. The van der Waals surface area contributed by atoms with Crippen LogP contribution in [0.3, 0.4) is 0 Å². The Morgan fingerprint density at radius 3 is 2.82 bits per heavy atom. The summed E-state index contributed by atoms with van der Waals surface area (Å²) in [7, 11) is 4.37. The van der Waals surface area contributed by atoms with Crippen molar-refractivity contribution in [1.82, 2.24) is 4.90 Å². The van der Waals surface area contributed by atoms with E-state index in [9.17, 15) is 0 Å². The van der Waals surface area contributed by atoms with E-state index in [0.717, 1.165) is 12.8 Å². The molecule has 2 rings (SSSR count). The fourth-order valence-electron chi connectivity index (χ4n) is 3.60. The second-order valence-corrected chi connectivity index (χ2v) is 6.71. The number of nitrogens with zero attached hydrogens (tertiary/aromatic N) is 2. The average Bonchev–Trinajstić information content (AvgIpc) is 2.53. The van der Waals surface area contributed by atoms with Crippen LogP contribution in [0.1, 0.15) is 39.0 Å². The fourth-order valence-corrected chi connectivity index (χ4v) is 3.60. The molecule has 0 spiro atoms. The lowest BCUT2D eigenvalue weighted by Gasteiger charge is -2.34. The Morgan fingerprint density at radius 1 is 1.41 bits per heavy atom. The molecule has 3 nitrogen and oxygen atoms in total. The van der Waals surface area contributed by atoms with Crippen LogP contribution in [0.2, 0.25) is 0 Å². The lowest BCUT2D eigenvalue weighted by molar-refractivity contribution is 0.307. The van der Waals surface area contributed by atoms with Gasteiger partial charge in [-0.15, -0.1) is 0 Å². The molecule has 0 aromatic carbocycles. The molecular formula is C19H31N3. The van der Waals surface area contributed by atoms with Crippen molar-refractivity contribution in [3.05, 3.63) is 36.0 Å². The van der Waals surface area contributed by atoms with Crippen LogP contribution in [0.25, 0.3) is 0 Å². The van der Waals surface area contributed by atoms with Crippen LogP contribution >= 0.6 is 0 Å². The van der Waals surface area contributed by atoms with Gasteiger partial charge >= 0.3 is 0 Å². The van der Waals surface area contributed by atoms with Crippen LogP contribution in [0, 0.1) is 11.8 Å². The molecule has 0 amide bonds. The summed E-state index contributed by atoms with van der Waals surface area (Å²) in [5.41, 5.74) is 8.58. The van der Waals surface area contributed by atoms with Gasteiger partial charge in [0, 0.05) is 24.1 Å². The molecule has 3 unspecified atom stereocenters. The molecule has 0 saturated carbocycles. The van der Waals surface area contributed by atoms with Gasteiger partial charge in [-0.25, -0.2) is 0 Å². The molecule has 0 aromatic heterocycles. The average molecular weight is 301 g/mol. The summed E-state index contributed by atoms with van der Waals surface area (Å²) in [5, 5.41) is 0. The van der Waals surface area contributed by atoms with E-state index in [-0.39, 0.29) is 0 Å². The maximum atomic E-state index is 5.74. The van der Waals surface area contributed by atoms with Crippen LogP contribution < -0.4 is 5.73 Å². The monoisotopic (exact) mass is 301 g/mol. The van der Waals surface area contributed by atoms with Crippen LogP contribution in [0.4, 0.5) is 0 Å². The van der Waals surface area contributed by atoms with E-state index in [2.05, 4.69) is 61.3 Å². The van der Waals surface area contributed by atoms with Gasteiger partial charge in [-0.3, -0.25) is 4.99 Å². The van der Waals surface area contributed by atoms with Crippen LogP contribution in [-0.2, 0) is 0 Å². The van der Waals surface area contributed by atoms with Crippen molar-refractivity contribution < 1.29 is 0 Å². The summed E-state index contributed by atoms with van der Waals surface area (Å²) < 4.78 is 0. The normalized spacial score (nSPS) is 27.1. The van der Waals surface area contributed by atoms with Crippen molar-refractivity contribution in [2.45, 2.75) is 45.1 Å². The minimum absolute atomic E-state index is 0.387. The zero-order chi connectivity index (χ0) is 15.9. The Labute approximate surface area is 135 Å². The first kappa shape index (κ1) is 17.2. The summed E-state index contributed by atoms with van der Waals surface area (Å²) in [6.45, 7) is 2.75. The van der Waals surface area contributed by atoms with Crippen molar-refractivity contribution in [2.75, 3.05) is 20.8 Å². The van der Waals surface area contributed by atoms with Gasteiger partial charge in [-0.1, -0.05) is 42.9 Å². The first-order valence-corrected chi connectivity index (χ1v) is 8.56. The van der Waals surface area contributed by atoms with Crippen molar-refractivity contribution in [3.63, 3.8) is 0 Å². The molecular weight excluding hydrogens is 270 g/mol. The third kappa shape index (κ3) is 4.40. The second kappa shape index (κ2) is 8.44.